The normalized spacial score (nSPS) is 19.4. The molecule has 4 aromatic rings. The third kappa shape index (κ3) is 8.30. The molecule has 10 nitrogen and oxygen atoms in total. The van der Waals surface area contributed by atoms with E-state index in [1.807, 2.05) is 68.4 Å². The molecule has 0 aliphatic carbocycles. The number of methoxy groups -OCH3 is 5. The van der Waals surface area contributed by atoms with Crippen LogP contribution in [-0.4, -0.2) is 58.0 Å². The van der Waals surface area contributed by atoms with Gasteiger partial charge in [0.25, 0.3) is 0 Å². The van der Waals surface area contributed by atoms with Gasteiger partial charge in [-0.25, -0.2) is 0 Å². The van der Waals surface area contributed by atoms with Crippen molar-refractivity contribution in [1.82, 2.24) is 0 Å². The molecule has 4 aromatic carbocycles. The van der Waals surface area contributed by atoms with E-state index in [1.54, 1.807) is 60.7 Å². The summed E-state index contributed by atoms with van der Waals surface area (Å²) in [6.07, 6.45) is -2.45. The maximum absolute atomic E-state index is 11.1. The second-order valence-electron chi connectivity index (χ2n) is 13.0. The van der Waals surface area contributed by atoms with Gasteiger partial charge in [-0.15, -0.1) is 0 Å². The van der Waals surface area contributed by atoms with E-state index < -0.39 is 24.4 Å². The quantitative estimate of drug-likeness (QED) is 0.127. The third-order valence-electron chi connectivity index (χ3n) is 9.51. The Kier molecular flexibility index (Phi) is 12.2. The largest absolute Gasteiger partial charge is 0.496 e. The van der Waals surface area contributed by atoms with Crippen LogP contribution in [0, 0.1) is 12.8 Å². The fraction of sp³-hybridized carbons (Fsp3) is 0.415. The van der Waals surface area contributed by atoms with Crippen LogP contribution >= 0.6 is 0 Å². The number of rotatable bonds is 15. The molecule has 7 atom stereocenters. The highest BCUT2D eigenvalue weighted by atomic mass is 16.5. The fourth-order valence-electron chi connectivity index (χ4n) is 6.58. The molecule has 10 heteroatoms. The van der Waals surface area contributed by atoms with E-state index in [0.29, 0.717) is 40.1 Å². The third-order valence-corrected chi connectivity index (χ3v) is 9.51. The van der Waals surface area contributed by atoms with E-state index >= 15 is 0 Å². The number of aliphatic hydroxyl groups is 2. The summed E-state index contributed by atoms with van der Waals surface area (Å²) in [5, 5.41) is 22.1. The van der Waals surface area contributed by atoms with E-state index in [4.69, 9.17) is 37.9 Å². The van der Waals surface area contributed by atoms with Crippen molar-refractivity contribution in [2.24, 2.45) is 5.92 Å². The standard InChI is InChI=1S/C41H50O10/c1-23-18-28(11-14-31(23)44-5)39(42)25(3)49-34-17-13-30(22-38(34)48-9)41-24(2)19-35(51-41)27-10-16-33(37(20-27)47-8)50-26(4)40(43)29-12-15-32(45-6)36(21-29)46-7/h10-18,20-22,24-26,35,39-43H,19H2,1-9H3/t24-,25-,26-,35?,39+,40+,41?/m1/s1. The van der Waals surface area contributed by atoms with Gasteiger partial charge in [0.1, 0.15) is 30.2 Å². The minimum Gasteiger partial charge on any atom is -0.496 e. The number of hydrogen-bond donors (Lipinski definition) is 2. The molecule has 274 valence electrons. The van der Waals surface area contributed by atoms with E-state index in [9.17, 15) is 10.2 Å². The van der Waals surface area contributed by atoms with Crippen molar-refractivity contribution < 1.29 is 48.1 Å². The van der Waals surface area contributed by atoms with Gasteiger partial charge >= 0.3 is 0 Å². The predicted molar refractivity (Wildman–Crippen MR) is 194 cm³/mol. The highest BCUT2D eigenvalue weighted by molar-refractivity contribution is 5.47. The van der Waals surface area contributed by atoms with Gasteiger partial charge in [0.2, 0.25) is 0 Å². The van der Waals surface area contributed by atoms with Crippen LogP contribution in [0.3, 0.4) is 0 Å². The average Bonchev–Trinajstić information content (AvgIpc) is 3.55. The van der Waals surface area contributed by atoms with Crippen molar-refractivity contribution in [2.75, 3.05) is 35.5 Å². The molecule has 0 amide bonds. The van der Waals surface area contributed by atoms with Crippen LogP contribution in [-0.2, 0) is 4.74 Å². The first-order chi connectivity index (χ1) is 24.5. The SMILES string of the molecule is COc1ccc([C@@H](O)[C@@H](C)Oc2ccc(C3OC(c4ccc(O[C@H](C)[C@H](O)c5ccc(OC)c(OC)c5)c(OC)c4)C[C@H]3C)cc2OC)cc1C. The van der Waals surface area contributed by atoms with E-state index in [1.165, 1.54) is 0 Å². The van der Waals surface area contributed by atoms with Crippen LogP contribution in [0.15, 0.2) is 72.8 Å². The summed E-state index contributed by atoms with van der Waals surface area (Å²) < 4.78 is 46.6. The number of benzene rings is 4. The van der Waals surface area contributed by atoms with Crippen molar-refractivity contribution in [2.45, 2.75) is 70.7 Å². The van der Waals surface area contributed by atoms with E-state index in [-0.39, 0.29) is 18.1 Å². The topological polar surface area (TPSA) is 114 Å². The van der Waals surface area contributed by atoms with Crippen molar-refractivity contribution in [3.05, 3.63) is 101 Å². The summed E-state index contributed by atoms with van der Waals surface area (Å²) in [6.45, 7) is 7.74. The Morgan fingerprint density at radius 2 is 1.02 bits per heavy atom. The molecule has 1 aliphatic heterocycles. The summed E-state index contributed by atoms with van der Waals surface area (Å²) in [7, 11) is 7.95. The molecule has 0 bridgehead atoms. The lowest BCUT2D eigenvalue weighted by molar-refractivity contribution is 0.0335. The molecule has 5 rings (SSSR count). The number of ether oxygens (including phenoxy) is 8. The molecule has 0 radical (unpaired) electrons. The maximum Gasteiger partial charge on any atom is 0.161 e. The van der Waals surface area contributed by atoms with Gasteiger partial charge in [-0.2, -0.15) is 0 Å². The number of aryl methyl sites for hydroxylation is 1. The van der Waals surface area contributed by atoms with Gasteiger partial charge in [0.05, 0.1) is 47.8 Å². The van der Waals surface area contributed by atoms with E-state index in [2.05, 4.69) is 6.92 Å². The Labute approximate surface area is 300 Å². The lowest BCUT2D eigenvalue weighted by Gasteiger charge is -2.24. The Hall–Kier alpha value is -4.64. The second kappa shape index (κ2) is 16.6. The minimum atomic E-state index is -0.922. The van der Waals surface area contributed by atoms with Gasteiger partial charge in [-0.3, -0.25) is 0 Å². The zero-order chi connectivity index (χ0) is 36.8. The lowest BCUT2D eigenvalue weighted by Crippen LogP contribution is -2.22. The molecule has 0 aromatic heterocycles. The molecule has 1 saturated heterocycles. The molecule has 1 aliphatic rings. The van der Waals surface area contributed by atoms with Gasteiger partial charge in [-0.05, 0) is 109 Å². The monoisotopic (exact) mass is 702 g/mol. The minimum absolute atomic E-state index is 0.173. The highest BCUT2D eigenvalue weighted by Crippen LogP contribution is 2.48. The van der Waals surface area contributed by atoms with Gasteiger partial charge in [0, 0.05) is 0 Å². The van der Waals surface area contributed by atoms with Crippen LogP contribution < -0.4 is 33.2 Å². The zero-order valence-electron chi connectivity index (χ0n) is 30.8. The van der Waals surface area contributed by atoms with Crippen LogP contribution in [0.4, 0.5) is 0 Å². The summed E-state index contributed by atoms with van der Waals surface area (Å²) >= 11 is 0. The van der Waals surface area contributed by atoms with Gasteiger partial charge in [0.15, 0.2) is 34.5 Å². The molecular weight excluding hydrogens is 652 g/mol. The molecule has 0 saturated carbocycles. The molecular formula is C41H50O10. The Morgan fingerprint density at radius 1 is 0.569 bits per heavy atom. The molecule has 2 unspecified atom stereocenters. The summed E-state index contributed by atoms with van der Waals surface area (Å²) in [5.41, 5.74) is 4.26. The predicted octanol–water partition coefficient (Wildman–Crippen LogP) is 7.88. The smallest absolute Gasteiger partial charge is 0.161 e. The first-order valence-corrected chi connectivity index (χ1v) is 17.1. The van der Waals surface area contributed by atoms with Crippen molar-refractivity contribution >= 4 is 0 Å². The fourth-order valence-corrected chi connectivity index (χ4v) is 6.58. The van der Waals surface area contributed by atoms with Gasteiger partial charge < -0.3 is 48.1 Å². The summed E-state index contributed by atoms with van der Waals surface area (Å²) in [4.78, 5) is 0. The number of hydrogen-bond acceptors (Lipinski definition) is 10. The molecule has 51 heavy (non-hydrogen) atoms. The van der Waals surface area contributed by atoms with Crippen molar-refractivity contribution in [3.63, 3.8) is 0 Å². The van der Waals surface area contributed by atoms with Crippen molar-refractivity contribution in [1.29, 1.82) is 0 Å². The Balaban J connectivity index is 1.26. The first kappa shape index (κ1) is 37.6. The summed E-state index contributed by atoms with van der Waals surface area (Å²) in [5.74, 6) is 4.24. The highest BCUT2D eigenvalue weighted by Gasteiger charge is 2.35. The molecule has 0 spiro atoms. The van der Waals surface area contributed by atoms with Crippen LogP contribution in [0.1, 0.15) is 79.4 Å². The molecule has 1 heterocycles. The molecule has 2 N–H and O–H groups in total. The summed E-state index contributed by atoms with van der Waals surface area (Å²) in [6, 6.07) is 22.4. The zero-order valence-corrected chi connectivity index (χ0v) is 30.8. The first-order valence-electron chi connectivity index (χ1n) is 17.1. The lowest BCUT2D eigenvalue weighted by atomic mass is 9.94. The Morgan fingerprint density at radius 3 is 1.55 bits per heavy atom. The molecule has 1 fully saturated rings. The Bertz CT molecular complexity index is 1770. The van der Waals surface area contributed by atoms with Crippen LogP contribution in [0.2, 0.25) is 0 Å². The second-order valence-corrected chi connectivity index (χ2v) is 13.0. The van der Waals surface area contributed by atoms with Gasteiger partial charge in [-0.1, -0.05) is 31.2 Å². The number of aliphatic hydroxyl groups excluding tert-OH is 2. The van der Waals surface area contributed by atoms with E-state index in [0.717, 1.165) is 34.4 Å². The van der Waals surface area contributed by atoms with Crippen LogP contribution in [0.5, 0.6) is 40.2 Å². The van der Waals surface area contributed by atoms with Crippen LogP contribution in [0.25, 0.3) is 0 Å². The van der Waals surface area contributed by atoms with Crippen molar-refractivity contribution in [3.8, 4) is 40.2 Å². The average molecular weight is 703 g/mol. The maximum atomic E-state index is 11.1.